The Hall–Kier alpha value is -1.18. The van der Waals surface area contributed by atoms with Crippen LogP contribution in [0, 0.1) is 11.3 Å². The summed E-state index contributed by atoms with van der Waals surface area (Å²) in [5.74, 6) is 1.67. The Morgan fingerprint density at radius 3 is 2.85 bits per heavy atom. The summed E-state index contributed by atoms with van der Waals surface area (Å²) in [6, 6.07) is 8.13. The number of benzene rings is 1. The van der Waals surface area contributed by atoms with E-state index in [1.807, 2.05) is 18.2 Å². The van der Waals surface area contributed by atoms with Gasteiger partial charge < -0.3 is 9.47 Å². The lowest BCUT2D eigenvalue weighted by Gasteiger charge is -2.29. The molecule has 1 aromatic rings. The lowest BCUT2D eigenvalue weighted by molar-refractivity contribution is 0.0208. The van der Waals surface area contributed by atoms with Crippen LogP contribution in [0.4, 0.5) is 0 Å². The van der Waals surface area contributed by atoms with Gasteiger partial charge in [0.2, 0.25) is 0 Å². The number of methoxy groups -OCH3 is 1. The van der Waals surface area contributed by atoms with Gasteiger partial charge in [-0.15, -0.1) is 11.8 Å². The molecule has 1 saturated carbocycles. The zero-order valence-corrected chi connectivity index (χ0v) is 12.9. The summed E-state index contributed by atoms with van der Waals surface area (Å²) in [5, 5.41) is 9.39. The van der Waals surface area contributed by atoms with Crippen molar-refractivity contribution in [1.82, 2.24) is 0 Å². The van der Waals surface area contributed by atoms with Crippen molar-refractivity contribution in [2.45, 2.75) is 49.7 Å². The molecule has 108 valence electrons. The predicted octanol–water partition coefficient (Wildman–Crippen LogP) is 4.01. The highest BCUT2D eigenvalue weighted by molar-refractivity contribution is 7.99. The number of nitrogens with zero attached hydrogens (tertiary/aromatic N) is 1. The van der Waals surface area contributed by atoms with Gasteiger partial charge in [-0.1, -0.05) is 13.0 Å². The van der Waals surface area contributed by atoms with Crippen LogP contribution in [0.25, 0.3) is 0 Å². The van der Waals surface area contributed by atoms with E-state index in [1.54, 1.807) is 18.9 Å². The number of hydrogen-bond acceptors (Lipinski definition) is 4. The fourth-order valence-electron chi connectivity index (χ4n) is 2.60. The molecule has 1 aromatic carbocycles. The monoisotopic (exact) mass is 291 g/mol. The molecule has 3 nitrogen and oxygen atoms in total. The Balaban J connectivity index is 2.12. The van der Waals surface area contributed by atoms with Gasteiger partial charge in [-0.05, 0) is 37.1 Å². The molecule has 1 aliphatic carbocycles. The molecule has 0 saturated heterocycles. The third-order valence-electron chi connectivity index (χ3n) is 3.60. The van der Waals surface area contributed by atoms with E-state index in [9.17, 15) is 5.26 Å². The van der Waals surface area contributed by atoms with Crippen LogP contribution in [0.2, 0.25) is 0 Å². The van der Waals surface area contributed by atoms with Crippen molar-refractivity contribution in [2.24, 2.45) is 0 Å². The fourth-order valence-corrected chi connectivity index (χ4v) is 3.37. The van der Waals surface area contributed by atoms with E-state index in [2.05, 4.69) is 13.0 Å². The molecule has 4 heteroatoms. The lowest BCUT2D eigenvalue weighted by atomic mass is 9.95. The first-order valence-corrected chi connectivity index (χ1v) is 8.12. The summed E-state index contributed by atoms with van der Waals surface area (Å²) < 4.78 is 11.5. The number of rotatable bonds is 5. The van der Waals surface area contributed by atoms with E-state index in [0.29, 0.717) is 11.3 Å². The van der Waals surface area contributed by atoms with Gasteiger partial charge in [-0.25, -0.2) is 0 Å². The molecular formula is C16H21NO2S. The summed E-state index contributed by atoms with van der Waals surface area (Å²) in [5.41, 5.74) is 0.666. The van der Waals surface area contributed by atoms with Gasteiger partial charge in [0.05, 0.1) is 6.10 Å². The average molecular weight is 291 g/mol. The maximum atomic E-state index is 9.39. The van der Waals surface area contributed by atoms with Crippen molar-refractivity contribution < 1.29 is 9.47 Å². The quantitative estimate of drug-likeness (QED) is 0.769. The molecule has 2 unspecified atom stereocenters. The maximum Gasteiger partial charge on any atom is 0.138 e. The maximum absolute atomic E-state index is 9.39. The molecule has 1 aliphatic rings. The highest BCUT2D eigenvalue weighted by Crippen LogP contribution is 2.32. The molecule has 0 radical (unpaired) electrons. The number of ether oxygens (including phenoxy) is 2. The van der Waals surface area contributed by atoms with Gasteiger partial charge in [-0.3, -0.25) is 0 Å². The van der Waals surface area contributed by atoms with Gasteiger partial charge in [0.25, 0.3) is 0 Å². The molecule has 0 heterocycles. The molecule has 0 aromatic heterocycles. The van der Waals surface area contributed by atoms with Crippen LogP contribution in [0.3, 0.4) is 0 Å². The second kappa shape index (κ2) is 7.56. The highest BCUT2D eigenvalue weighted by atomic mass is 32.2. The van der Waals surface area contributed by atoms with Crippen molar-refractivity contribution in [3.8, 4) is 11.8 Å². The third-order valence-corrected chi connectivity index (χ3v) is 4.54. The van der Waals surface area contributed by atoms with E-state index in [-0.39, 0.29) is 12.2 Å². The lowest BCUT2D eigenvalue weighted by Crippen LogP contribution is -2.29. The van der Waals surface area contributed by atoms with E-state index in [4.69, 9.17) is 9.47 Å². The molecule has 20 heavy (non-hydrogen) atoms. The fraction of sp³-hybridized carbons (Fsp3) is 0.562. The number of thioether (sulfide) groups is 1. The third kappa shape index (κ3) is 3.68. The Morgan fingerprint density at radius 1 is 1.35 bits per heavy atom. The minimum absolute atomic E-state index is 0.155. The molecule has 1 fully saturated rings. The van der Waals surface area contributed by atoms with E-state index in [1.165, 1.54) is 0 Å². The van der Waals surface area contributed by atoms with Crippen LogP contribution in [0.15, 0.2) is 23.1 Å². The van der Waals surface area contributed by atoms with Crippen LogP contribution in [0.1, 0.15) is 38.2 Å². The molecule has 2 rings (SSSR count). The first kappa shape index (κ1) is 15.2. The zero-order chi connectivity index (χ0) is 14.4. The normalized spacial score (nSPS) is 22.2. The first-order valence-electron chi connectivity index (χ1n) is 7.13. The smallest absolute Gasteiger partial charge is 0.138 e. The zero-order valence-electron chi connectivity index (χ0n) is 12.1. The summed E-state index contributed by atoms with van der Waals surface area (Å²) in [6.07, 6.45) is 4.61. The second-order valence-corrected chi connectivity index (χ2v) is 6.24. The van der Waals surface area contributed by atoms with Crippen molar-refractivity contribution in [3.05, 3.63) is 23.8 Å². The summed E-state index contributed by atoms with van der Waals surface area (Å²) >= 11 is 1.68. The molecule has 0 N–H and O–H groups in total. The van der Waals surface area contributed by atoms with Crippen molar-refractivity contribution >= 4 is 11.8 Å². The van der Waals surface area contributed by atoms with Crippen LogP contribution in [-0.2, 0) is 4.74 Å². The van der Waals surface area contributed by atoms with Gasteiger partial charge >= 0.3 is 0 Å². The van der Waals surface area contributed by atoms with Gasteiger partial charge in [0.1, 0.15) is 23.5 Å². The largest absolute Gasteiger partial charge is 0.489 e. The van der Waals surface area contributed by atoms with Crippen LogP contribution in [0.5, 0.6) is 5.75 Å². The van der Waals surface area contributed by atoms with Crippen molar-refractivity contribution in [3.63, 3.8) is 0 Å². The minimum Gasteiger partial charge on any atom is -0.489 e. The summed E-state index contributed by atoms with van der Waals surface area (Å²) in [6.45, 7) is 2.09. The predicted molar refractivity (Wildman–Crippen MR) is 81.2 cm³/mol. The van der Waals surface area contributed by atoms with Crippen LogP contribution < -0.4 is 4.74 Å². The van der Waals surface area contributed by atoms with E-state index < -0.39 is 0 Å². The van der Waals surface area contributed by atoms with Crippen molar-refractivity contribution in [1.29, 1.82) is 5.26 Å². The second-order valence-electron chi connectivity index (χ2n) is 4.94. The Bertz CT molecular complexity index is 484. The van der Waals surface area contributed by atoms with Gasteiger partial charge in [0, 0.05) is 18.4 Å². The average Bonchev–Trinajstić information content (AvgIpc) is 2.48. The van der Waals surface area contributed by atoms with Gasteiger partial charge in [0.15, 0.2) is 0 Å². The van der Waals surface area contributed by atoms with E-state index in [0.717, 1.165) is 36.3 Å². The molecule has 0 spiro atoms. The Kier molecular flexibility index (Phi) is 5.75. The van der Waals surface area contributed by atoms with Gasteiger partial charge in [-0.2, -0.15) is 5.26 Å². The summed E-state index contributed by atoms with van der Waals surface area (Å²) in [7, 11) is 1.76. The standard InChI is InChI=1S/C16H21NO2S/c1-3-20-16-9-5-8-15(14(16)11-17)19-13-7-4-6-12(10-13)18-2/h5,8-9,12-13H,3-4,6-7,10H2,1-2H3. The molecule has 2 atom stereocenters. The minimum atomic E-state index is 0.155. The topological polar surface area (TPSA) is 42.2 Å². The van der Waals surface area contributed by atoms with Crippen LogP contribution in [-0.4, -0.2) is 25.1 Å². The molecule has 0 bridgehead atoms. The Labute approximate surface area is 125 Å². The highest BCUT2D eigenvalue weighted by Gasteiger charge is 2.24. The Morgan fingerprint density at radius 2 is 2.15 bits per heavy atom. The SMILES string of the molecule is CCSc1cccc(OC2CCCC(OC)C2)c1C#N. The van der Waals surface area contributed by atoms with Crippen LogP contribution >= 0.6 is 11.8 Å². The first-order chi connectivity index (χ1) is 9.78. The number of hydrogen-bond donors (Lipinski definition) is 0. The van der Waals surface area contributed by atoms with E-state index >= 15 is 0 Å². The molecule has 0 aliphatic heterocycles. The van der Waals surface area contributed by atoms with Crippen molar-refractivity contribution in [2.75, 3.05) is 12.9 Å². The number of nitriles is 1. The molecule has 0 amide bonds. The summed E-state index contributed by atoms with van der Waals surface area (Å²) in [4.78, 5) is 1.01. The molecular weight excluding hydrogens is 270 g/mol.